The zero-order valence-corrected chi connectivity index (χ0v) is 19.9. The summed E-state index contributed by atoms with van der Waals surface area (Å²) in [6.07, 6.45) is -0.817. The van der Waals surface area contributed by atoms with Crippen molar-refractivity contribution in [2.24, 2.45) is 0 Å². The van der Waals surface area contributed by atoms with Crippen LogP contribution >= 0.6 is 0 Å². The van der Waals surface area contributed by atoms with Gasteiger partial charge in [0.15, 0.2) is 0 Å². The molecule has 1 rings (SSSR count). The number of alkyl carbamates (subject to hydrolysis) is 1. The van der Waals surface area contributed by atoms with Crippen molar-refractivity contribution in [2.75, 3.05) is 6.61 Å². The van der Waals surface area contributed by atoms with Gasteiger partial charge in [0.2, 0.25) is 11.8 Å². The summed E-state index contributed by atoms with van der Waals surface area (Å²) in [7, 11) is 0. The van der Waals surface area contributed by atoms with Crippen molar-refractivity contribution in [3.63, 3.8) is 0 Å². The number of carbonyl (C=O) groups excluding carboxylic acids is 3. The van der Waals surface area contributed by atoms with E-state index in [9.17, 15) is 19.5 Å². The van der Waals surface area contributed by atoms with Crippen LogP contribution in [0.1, 0.15) is 65.6 Å². The van der Waals surface area contributed by atoms with Crippen molar-refractivity contribution in [2.45, 2.75) is 85.2 Å². The zero-order valence-electron chi connectivity index (χ0n) is 19.9. The van der Waals surface area contributed by atoms with Gasteiger partial charge < -0.3 is 25.4 Å². The summed E-state index contributed by atoms with van der Waals surface area (Å²) in [5.74, 6) is -0.912. The van der Waals surface area contributed by atoms with Crippen LogP contribution in [0.5, 0.6) is 0 Å². The molecule has 1 aromatic rings. The molecule has 3 amide bonds. The molecule has 31 heavy (non-hydrogen) atoms. The second-order valence-electron chi connectivity index (χ2n) is 9.20. The van der Waals surface area contributed by atoms with E-state index >= 15 is 0 Å². The molecule has 2 unspecified atom stereocenters. The number of nitrogens with zero attached hydrogens (tertiary/aromatic N) is 1. The van der Waals surface area contributed by atoms with Gasteiger partial charge in [-0.15, -0.1) is 0 Å². The highest BCUT2D eigenvalue weighted by atomic mass is 16.6. The highest BCUT2D eigenvalue weighted by Gasteiger charge is 2.37. The first-order valence-electron chi connectivity index (χ1n) is 10.6. The Morgan fingerprint density at radius 2 is 1.71 bits per heavy atom. The topological polar surface area (TPSA) is 108 Å². The normalized spacial score (nSPS) is 13.5. The number of ether oxygens (including phenoxy) is 1. The molecule has 8 nitrogen and oxygen atoms in total. The molecule has 3 N–H and O–H groups in total. The van der Waals surface area contributed by atoms with Crippen LogP contribution in [-0.2, 0) is 14.3 Å². The summed E-state index contributed by atoms with van der Waals surface area (Å²) < 4.78 is 5.21. The van der Waals surface area contributed by atoms with Crippen LogP contribution in [0.2, 0.25) is 0 Å². The minimum Gasteiger partial charge on any atom is -0.444 e. The second-order valence-corrected chi connectivity index (χ2v) is 9.20. The van der Waals surface area contributed by atoms with Gasteiger partial charge in [0.25, 0.3) is 0 Å². The van der Waals surface area contributed by atoms with Crippen molar-refractivity contribution < 1.29 is 24.2 Å². The molecule has 2 atom stereocenters. The first-order valence-corrected chi connectivity index (χ1v) is 10.6. The van der Waals surface area contributed by atoms with Gasteiger partial charge in [-0.3, -0.25) is 9.59 Å². The molecular weight excluding hydrogens is 398 g/mol. The van der Waals surface area contributed by atoms with E-state index < -0.39 is 36.3 Å². The highest BCUT2D eigenvalue weighted by Crippen LogP contribution is 2.26. The van der Waals surface area contributed by atoms with Crippen molar-refractivity contribution in [3.05, 3.63) is 35.4 Å². The smallest absolute Gasteiger partial charge is 0.408 e. The van der Waals surface area contributed by atoms with Crippen LogP contribution in [0.3, 0.4) is 0 Å². The largest absolute Gasteiger partial charge is 0.444 e. The lowest BCUT2D eigenvalue weighted by Crippen LogP contribution is -2.56. The Kier molecular flexibility index (Phi) is 9.49. The molecular formula is C23H37N3O5. The van der Waals surface area contributed by atoms with E-state index in [-0.39, 0.29) is 18.0 Å². The maximum Gasteiger partial charge on any atom is 0.408 e. The number of aliphatic hydroxyl groups excluding tert-OH is 1. The molecule has 0 heterocycles. The van der Waals surface area contributed by atoms with E-state index in [1.807, 2.05) is 39.0 Å². The number of carbonyl (C=O) groups is 3. The molecule has 0 aliphatic heterocycles. The SMILES string of the molecule is Cc1cccc(C(C(=O)NC(C)C)N(C(=O)C(CO)NC(=O)OC(C)(C)C)C(C)C)c1. The summed E-state index contributed by atoms with van der Waals surface area (Å²) in [4.78, 5) is 40.2. The average Bonchev–Trinajstić information content (AvgIpc) is 2.60. The van der Waals surface area contributed by atoms with Gasteiger partial charge in [0.1, 0.15) is 17.7 Å². The summed E-state index contributed by atoms with van der Waals surface area (Å²) in [5, 5.41) is 15.1. The Morgan fingerprint density at radius 1 is 1.10 bits per heavy atom. The lowest BCUT2D eigenvalue weighted by atomic mass is 9.99. The predicted octanol–water partition coefficient (Wildman–Crippen LogP) is 2.68. The third-order valence-electron chi connectivity index (χ3n) is 4.30. The third-order valence-corrected chi connectivity index (χ3v) is 4.30. The van der Waals surface area contributed by atoms with Crippen LogP contribution in [0, 0.1) is 6.92 Å². The van der Waals surface area contributed by atoms with Crippen molar-refractivity contribution in [3.8, 4) is 0 Å². The molecule has 0 saturated heterocycles. The average molecular weight is 436 g/mol. The fourth-order valence-electron chi connectivity index (χ4n) is 3.14. The van der Waals surface area contributed by atoms with Gasteiger partial charge in [0.05, 0.1) is 6.61 Å². The fraction of sp³-hybridized carbons (Fsp3) is 0.609. The van der Waals surface area contributed by atoms with Crippen LogP contribution in [-0.4, -0.2) is 58.2 Å². The first kappa shape index (κ1) is 26.4. The zero-order chi connectivity index (χ0) is 23.9. The number of hydrogen-bond acceptors (Lipinski definition) is 5. The molecule has 0 saturated carbocycles. The van der Waals surface area contributed by atoms with Crippen LogP contribution < -0.4 is 10.6 Å². The van der Waals surface area contributed by atoms with Crippen molar-refractivity contribution in [1.29, 1.82) is 0 Å². The van der Waals surface area contributed by atoms with Gasteiger partial charge in [-0.25, -0.2) is 4.79 Å². The molecule has 0 aliphatic rings. The summed E-state index contributed by atoms with van der Waals surface area (Å²) in [6, 6.07) is 4.68. The first-order chi connectivity index (χ1) is 14.3. The number of amides is 3. The van der Waals surface area contributed by atoms with E-state index in [0.717, 1.165) is 5.56 Å². The van der Waals surface area contributed by atoms with Gasteiger partial charge in [-0.1, -0.05) is 29.8 Å². The van der Waals surface area contributed by atoms with Crippen LogP contribution in [0.4, 0.5) is 4.79 Å². The Morgan fingerprint density at radius 3 is 2.16 bits per heavy atom. The van der Waals surface area contributed by atoms with Gasteiger partial charge in [0, 0.05) is 12.1 Å². The van der Waals surface area contributed by atoms with Crippen molar-refractivity contribution >= 4 is 17.9 Å². The maximum absolute atomic E-state index is 13.4. The molecule has 8 heteroatoms. The van der Waals surface area contributed by atoms with Crippen LogP contribution in [0.15, 0.2) is 24.3 Å². The second kappa shape index (κ2) is 11.1. The van der Waals surface area contributed by atoms with Gasteiger partial charge in [-0.05, 0) is 61.0 Å². The number of aliphatic hydroxyl groups is 1. The molecule has 0 bridgehead atoms. The van der Waals surface area contributed by atoms with Gasteiger partial charge in [-0.2, -0.15) is 0 Å². The minimum atomic E-state index is -1.25. The molecule has 0 spiro atoms. The number of nitrogens with one attached hydrogen (secondary N) is 2. The van der Waals surface area contributed by atoms with E-state index in [0.29, 0.717) is 5.56 Å². The van der Waals surface area contributed by atoms with E-state index in [4.69, 9.17) is 4.74 Å². The monoisotopic (exact) mass is 435 g/mol. The highest BCUT2D eigenvalue weighted by molar-refractivity contribution is 5.92. The molecule has 0 aromatic heterocycles. The van der Waals surface area contributed by atoms with Crippen molar-refractivity contribution in [1.82, 2.24) is 15.5 Å². The lowest BCUT2D eigenvalue weighted by Gasteiger charge is -2.37. The molecule has 0 fully saturated rings. The Bertz CT molecular complexity index is 771. The van der Waals surface area contributed by atoms with E-state index in [2.05, 4.69) is 10.6 Å². The summed E-state index contributed by atoms with van der Waals surface area (Å²) in [6.45, 7) is 13.6. The number of rotatable bonds is 8. The van der Waals surface area contributed by atoms with Crippen LogP contribution in [0.25, 0.3) is 0 Å². The summed E-state index contributed by atoms with van der Waals surface area (Å²) in [5.41, 5.74) is 0.835. The number of aryl methyl sites for hydroxylation is 1. The standard InChI is InChI=1S/C23H37N3O5/c1-14(2)24-20(28)19(17-11-9-10-16(5)12-17)26(15(3)4)21(29)18(13-27)25-22(30)31-23(6,7)8/h9-12,14-15,18-19,27H,13H2,1-8H3,(H,24,28)(H,25,30). The van der Waals surface area contributed by atoms with Gasteiger partial charge >= 0.3 is 6.09 Å². The third kappa shape index (κ3) is 8.20. The predicted molar refractivity (Wildman–Crippen MR) is 119 cm³/mol. The minimum absolute atomic E-state index is 0.127. The Hall–Kier alpha value is -2.61. The Balaban J connectivity index is 3.33. The summed E-state index contributed by atoms with van der Waals surface area (Å²) >= 11 is 0. The molecule has 0 aliphatic carbocycles. The Labute approximate surface area is 185 Å². The fourth-order valence-corrected chi connectivity index (χ4v) is 3.14. The molecule has 1 aromatic carbocycles. The number of hydrogen-bond donors (Lipinski definition) is 3. The molecule has 0 radical (unpaired) electrons. The lowest BCUT2D eigenvalue weighted by molar-refractivity contribution is -0.145. The quantitative estimate of drug-likeness (QED) is 0.582. The molecule has 174 valence electrons. The number of benzene rings is 1. The van der Waals surface area contributed by atoms with E-state index in [1.54, 1.807) is 40.7 Å². The van der Waals surface area contributed by atoms with E-state index in [1.165, 1.54) is 4.90 Å². The maximum atomic E-state index is 13.4.